The molecule has 0 aliphatic carbocycles. The number of hydrogen-bond donors (Lipinski definition) is 2. The van der Waals surface area contributed by atoms with Gasteiger partial charge in [0.25, 0.3) is 5.91 Å². The molecule has 1 aromatic heterocycles. The van der Waals surface area contributed by atoms with E-state index < -0.39 is 5.92 Å². The molecular formula is C21H17FN2O4. The summed E-state index contributed by atoms with van der Waals surface area (Å²) in [5.74, 6) is -0.466. The number of furan rings is 1. The van der Waals surface area contributed by atoms with Crippen LogP contribution in [0.1, 0.15) is 17.2 Å². The first kappa shape index (κ1) is 17.8. The molecule has 4 rings (SSSR count). The van der Waals surface area contributed by atoms with Crippen LogP contribution in [-0.4, -0.2) is 18.4 Å². The van der Waals surface area contributed by atoms with Crippen LogP contribution in [0.5, 0.6) is 5.75 Å². The fraction of sp³-hybridized carbons (Fsp3) is 0.143. The molecule has 1 unspecified atom stereocenters. The molecule has 2 amide bonds. The van der Waals surface area contributed by atoms with Crippen molar-refractivity contribution >= 4 is 23.2 Å². The molecule has 0 bridgehead atoms. The quantitative estimate of drug-likeness (QED) is 0.707. The summed E-state index contributed by atoms with van der Waals surface area (Å²) in [6.45, 7) is -0.117. The van der Waals surface area contributed by atoms with E-state index in [9.17, 15) is 14.0 Å². The van der Waals surface area contributed by atoms with Crippen LogP contribution in [0, 0.1) is 5.82 Å². The second kappa shape index (κ2) is 7.56. The van der Waals surface area contributed by atoms with Crippen molar-refractivity contribution in [1.82, 2.24) is 0 Å². The number of rotatable bonds is 5. The number of halogens is 1. The molecule has 2 aromatic carbocycles. The minimum Gasteiger partial charge on any atom is -0.479 e. The van der Waals surface area contributed by atoms with Crippen LogP contribution in [0.2, 0.25) is 0 Å². The monoisotopic (exact) mass is 380 g/mol. The van der Waals surface area contributed by atoms with Crippen molar-refractivity contribution in [2.75, 3.05) is 17.2 Å². The first-order valence-electron chi connectivity index (χ1n) is 8.74. The molecule has 0 saturated heterocycles. The van der Waals surface area contributed by atoms with Crippen LogP contribution < -0.4 is 15.4 Å². The second-order valence-corrected chi connectivity index (χ2v) is 6.40. The fourth-order valence-corrected chi connectivity index (χ4v) is 3.12. The van der Waals surface area contributed by atoms with Crippen LogP contribution in [-0.2, 0) is 16.0 Å². The predicted octanol–water partition coefficient (Wildman–Crippen LogP) is 3.71. The Hall–Kier alpha value is -3.61. The Morgan fingerprint density at radius 3 is 2.71 bits per heavy atom. The summed E-state index contributed by atoms with van der Waals surface area (Å²) in [6, 6.07) is 14.4. The van der Waals surface area contributed by atoms with Gasteiger partial charge in [0.05, 0.1) is 23.6 Å². The maximum Gasteiger partial charge on any atom is 0.262 e. The molecule has 0 spiro atoms. The van der Waals surface area contributed by atoms with E-state index in [1.807, 2.05) is 0 Å². The number of benzene rings is 2. The van der Waals surface area contributed by atoms with Gasteiger partial charge >= 0.3 is 0 Å². The van der Waals surface area contributed by atoms with E-state index in [-0.39, 0.29) is 24.2 Å². The number of anilines is 2. The molecule has 3 aromatic rings. The summed E-state index contributed by atoms with van der Waals surface area (Å²) < 4.78 is 24.2. The smallest absolute Gasteiger partial charge is 0.262 e. The number of carbonyl (C=O) groups is 2. The summed E-state index contributed by atoms with van der Waals surface area (Å²) in [4.78, 5) is 24.6. The van der Waals surface area contributed by atoms with Crippen molar-refractivity contribution in [3.8, 4) is 5.75 Å². The van der Waals surface area contributed by atoms with E-state index >= 15 is 0 Å². The second-order valence-electron chi connectivity index (χ2n) is 6.40. The van der Waals surface area contributed by atoms with E-state index in [1.54, 1.807) is 48.7 Å². The number of hydrogen-bond acceptors (Lipinski definition) is 4. The number of nitrogens with one attached hydrogen (secondary N) is 2. The molecule has 0 radical (unpaired) electrons. The Balaban J connectivity index is 1.62. The summed E-state index contributed by atoms with van der Waals surface area (Å²) in [7, 11) is 0. The lowest BCUT2D eigenvalue weighted by Crippen LogP contribution is -2.27. The van der Waals surface area contributed by atoms with Gasteiger partial charge in [-0.15, -0.1) is 0 Å². The van der Waals surface area contributed by atoms with E-state index in [1.165, 1.54) is 12.1 Å². The van der Waals surface area contributed by atoms with Crippen LogP contribution in [0.4, 0.5) is 15.8 Å². The molecule has 6 nitrogen and oxygen atoms in total. The zero-order chi connectivity index (χ0) is 19.5. The van der Waals surface area contributed by atoms with Gasteiger partial charge < -0.3 is 19.8 Å². The predicted molar refractivity (Wildman–Crippen MR) is 101 cm³/mol. The Kier molecular flexibility index (Phi) is 4.80. The lowest BCUT2D eigenvalue weighted by molar-refractivity contribution is -0.118. The standard InChI is InChI=1S/C21H17FN2O4/c22-14-8-6-13(7-9-14)16(11-15-3-2-10-27-15)21(26)24-18-5-1-4-17-20(18)28-12-19(25)23-17/h1-10,16H,11-12H2,(H,23,25)(H,24,26). The van der Waals surface area contributed by atoms with Crippen molar-refractivity contribution in [2.45, 2.75) is 12.3 Å². The SMILES string of the molecule is O=C1COc2c(cccc2NC(=O)C(Cc2ccco2)c2ccc(F)cc2)N1. The van der Waals surface area contributed by atoms with Gasteiger partial charge in [0.2, 0.25) is 5.91 Å². The van der Waals surface area contributed by atoms with Crippen molar-refractivity contribution in [3.63, 3.8) is 0 Å². The van der Waals surface area contributed by atoms with Crippen LogP contribution >= 0.6 is 0 Å². The highest BCUT2D eigenvalue weighted by Gasteiger charge is 2.25. The van der Waals surface area contributed by atoms with Gasteiger partial charge in [0.1, 0.15) is 11.6 Å². The molecule has 142 valence electrons. The topological polar surface area (TPSA) is 80.6 Å². The average molecular weight is 380 g/mol. The Bertz CT molecular complexity index is 1000. The van der Waals surface area contributed by atoms with Gasteiger partial charge in [-0.25, -0.2) is 4.39 Å². The molecule has 7 heteroatoms. The third kappa shape index (κ3) is 3.73. The molecule has 2 N–H and O–H groups in total. The van der Waals surface area contributed by atoms with Crippen LogP contribution in [0.25, 0.3) is 0 Å². The summed E-state index contributed by atoms with van der Waals surface area (Å²) in [5, 5.41) is 5.56. The summed E-state index contributed by atoms with van der Waals surface area (Å²) in [5.41, 5.74) is 1.61. The Labute approximate surface area is 160 Å². The van der Waals surface area contributed by atoms with Gasteiger partial charge in [-0.2, -0.15) is 0 Å². The van der Waals surface area contributed by atoms with Gasteiger partial charge in [-0.3, -0.25) is 9.59 Å². The fourth-order valence-electron chi connectivity index (χ4n) is 3.12. The zero-order valence-electron chi connectivity index (χ0n) is 14.8. The van der Waals surface area contributed by atoms with E-state index in [0.29, 0.717) is 34.9 Å². The van der Waals surface area contributed by atoms with Gasteiger partial charge in [-0.05, 0) is 42.0 Å². The Morgan fingerprint density at radius 2 is 1.96 bits per heavy atom. The largest absolute Gasteiger partial charge is 0.479 e. The summed E-state index contributed by atoms with van der Waals surface area (Å²) >= 11 is 0. The molecule has 1 aliphatic rings. The van der Waals surface area contributed by atoms with E-state index in [4.69, 9.17) is 9.15 Å². The number of fused-ring (bicyclic) bond motifs is 1. The van der Waals surface area contributed by atoms with E-state index in [0.717, 1.165) is 0 Å². The zero-order valence-corrected chi connectivity index (χ0v) is 14.8. The highest BCUT2D eigenvalue weighted by molar-refractivity contribution is 6.01. The first-order chi connectivity index (χ1) is 13.6. The number of amides is 2. The molecule has 0 fully saturated rings. The van der Waals surface area contributed by atoms with Gasteiger partial charge in [0, 0.05) is 6.42 Å². The van der Waals surface area contributed by atoms with Crippen molar-refractivity contribution in [2.24, 2.45) is 0 Å². The third-order valence-electron chi connectivity index (χ3n) is 4.47. The maximum atomic E-state index is 13.3. The lowest BCUT2D eigenvalue weighted by Gasteiger charge is -2.22. The molecule has 0 saturated carbocycles. The van der Waals surface area contributed by atoms with Crippen LogP contribution in [0.15, 0.2) is 65.3 Å². The third-order valence-corrected chi connectivity index (χ3v) is 4.47. The molecular weight excluding hydrogens is 363 g/mol. The van der Waals surface area contributed by atoms with Crippen molar-refractivity contribution < 1.29 is 23.1 Å². The molecule has 28 heavy (non-hydrogen) atoms. The number of carbonyl (C=O) groups excluding carboxylic acids is 2. The minimum atomic E-state index is -0.596. The van der Waals surface area contributed by atoms with Crippen molar-refractivity contribution in [3.05, 3.63) is 78.0 Å². The molecule has 2 heterocycles. The highest BCUT2D eigenvalue weighted by atomic mass is 19.1. The minimum absolute atomic E-state index is 0.117. The van der Waals surface area contributed by atoms with E-state index in [2.05, 4.69) is 10.6 Å². The number of para-hydroxylation sites is 1. The van der Waals surface area contributed by atoms with Gasteiger partial charge in [-0.1, -0.05) is 18.2 Å². The first-order valence-corrected chi connectivity index (χ1v) is 8.74. The van der Waals surface area contributed by atoms with Crippen LogP contribution in [0.3, 0.4) is 0 Å². The summed E-state index contributed by atoms with van der Waals surface area (Å²) in [6.07, 6.45) is 1.86. The lowest BCUT2D eigenvalue weighted by atomic mass is 9.93. The molecule has 1 atom stereocenters. The molecule has 1 aliphatic heterocycles. The van der Waals surface area contributed by atoms with Gasteiger partial charge in [0.15, 0.2) is 12.4 Å². The maximum absolute atomic E-state index is 13.3. The average Bonchev–Trinajstić information content (AvgIpc) is 3.20. The van der Waals surface area contributed by atoms with Crippen molar-refractivity contribution in [1.29, 1.82) is 0 Å². The Morgan fingerprint density at radius 1 is 1.14 bits per heavy atom. The highest BCUT2D eigenvalue weighted by Crippen LogP contribution is 2.36. The number of ether oxygens (including phenoxy) is 1. The normalized spacial score (nSPS) is 13.8.